The molecule has 1 aliphatic rings. The second kappa shape index (κ2) is 7.23. The van der Waals surface area contributed by atoms with Crippen LogP contribution in [0.3, 0.4) is 0 Å². The molecule has 1 heterocycles. The molecule has 2 atom stereocenters. The molecule has 0 radical (unpaired) electrons. The molecular weight excluding hydrogens is 306 g/mol. The van der Waals surface area contributed by atoms with Crippen LogP contribution in [0.5, 0.6) is 5.75 Å². The Labute approximate surface area is 143 Å². The van der Waals surface area contributed by atoms with Gasteiger partial charge in [0.2, 0.25) is 0 Å². The molecule has 1 aromatic carbocycles. The monoisotopic (exact) mass is 331 g/mol. The molecule has 2 rings (SSSR count). The third-order valence-electron chi connectivity index (χ3n) is 4.65. The molecular formula is C19H25NO4. The summed E-state index contributed by atoms with van der Waals surface area (Å²) in [6.07, 6.45) is 1.17. The van der Waals surface area contributed by atoms with Gasteiger partial charge in [0.05, 0.1) is 25.4 Å². The summed E-state index contributed by atoms with van der Waals surface area (Å²) in [6, 6.07) is 9.79. The SMILES string of the molecule is CCOC(=O)C(C#N)C1(c2ccc(OC)cc2)CCOC(C)(C)C1. The summed E-state index contributed by atoms with van der Waals surface area (Å²) in [5, 5.41) is 9.76. The van der Waals surface area contributed by atoms with Crippen LogP contribution >= 0.6 is 0 Å². The molecule has 130 valence electrons. The van der Waals surface area contributed by atoms with Gasteiger partial charge in [-0.25, -0.2) is 0 Å². The number of carbonyl (C=O) groups is 1. The van der Waals surface area contributed by atoms with Crippen LogP contribution in [0.2, 0.25) is 0 Å². The third kappa shape index (κ3) is 3.54. The van der Waals surface area contributed by atoms with Gasteiger partial charge in [-0.3, -0.25) is 4.79 Å². The largest absolute Gasteiger partial charge is 0.497 e. The van der Waals surface area contributed by atoms with E-state index in [0.717, 1.165) is 11.3 Å². The number of hydrogen-bond acceptors (Lipinski definition) is 5. The van der Waals surface area contributed by atoms with Gasteiger partial charge in [0.15, 0.2) is 5.92 Å². The van der Waals surface area contributed by atoms with Gasteiger partial charge in [-0.05, 0) is 51.3 Å². The molecule has 5 nitrogen and oxygen atoms in total. The van der Waals surface area contributed by atoms with Gasteiger partial charge in [0, 0.05) is 12.0 Å². The van der Waals surface area contributed by atoms with E-state index in [1.165, 1.54) is 0 Å². The highest BCUT2D eigenvalue weighted by Gasteiger charge is 2.51. The molecule has 1 fully saturated rings. The van der Waals surface area contributed by atoms with Crippen molar-refractivity contribution < 1.29 is 19.0 Å². The summed E-state index contributed by atoms with van der Waals surface area (Å²) in [4.78, 5) is 12.5. The summed E-state index contributed by atoms with van der Waals surface area (Å²) in [7, 11) is 1.61. The Kier molecular flexibility index (Phi) is 5.51. The number of esters is 1. The lowest BCUT2D eigenvalue weighted by atomic mass is 9.62. The lowest BCUT2D eigenvalue weighted by Crippen LogP contribution is -2.50. The summed E-state index contributed by atoms with van der Waals surface area (Å²) in [5.41, 5.74) is -0.103. The molecule has 5 heteroatoms. The zero-order chi connectivity index (χ0) is 17.8. The van der Waals surface area contributed by atoms with Crippen LogP contribution in [-0.2, 0) is 19.7 Å². The Morgan fingerprint density at radius 2 is 2.04 bits per heavy atom. The van der Waals surface area contributed by atoms with Crippen LogP contribution in [0.4, 0.5) is 0 Å². The van der Waals surface area contributed by atoms with Crippen molar-refractivity contribution in [3.05, 3.63) is 29.8 Å². The van der Waals surface area contributed by atoms with Crippen molar-refractivity contribution in [3.8, 4) is 11.8 Å². The molecule has 1 aliphatic heterocycles. The maximum absolute atomic E-state index is 12.5. The zero-order valence-corrected chi connectivity index (χ0v) is 14.8. The van der Waals surface area contributed by atoms with Gasteiger partial charge in [0.1, 0.15) is 5.75 Å². The topological polar surface area (TPSA) is 68.6 Å². The number of carbonyl (C=O) groups excluding carboxylic acids is 1. The minimum atomic E-state index is -0.867. The number of benzene rings is 1. The molecule has 0 saturated carbocycles. The molecule has 0 amide bonds. The standard InChI is InChI=1S/C19H25NO4/c1-5-23-17(21)16(12-20)19(10-11-24-18(2,3)13-19)14-6-8-15(22-4)9-7-14/h6-9,16H,5,10-11,13H2,1-4H3. The second-order valence-electron chi connectivity index (χ2n) is 6.73. The van der Waals surface area contributed by atoms with Gasteiger partial charge in [-0.15, -0.1) is 0 Å². The summed E-state index contributed by atoms with van der Waals surface area (Å²) in [6.45, 7) is 6.49. The van der Waals surface area contributed by atoms with Gasteiger partial charge in [0.25, 0.3) is 0 Å². The van der Waals surface area contributed by atoms with Crippen LogP contribution in [0.1, 0.15) is 39.2 Å². The van der Waals surface area contributed by atoms with E-state index >= 15 is 0 Å². The quantitative estimate of drug-likeness (QED) is 0.775. The van der Waals surface area contributed by atoms with E-state index in [0.29, 0.717) is 19.4 Å². The van der Waals surface area contributed by atoms with Crippen LogP contribution in [0.15, 0.2) is 24.3 Å². The number of methoxy groups -OCH3 is 1. The molecule has 0 aromatic heterocycles. The van der Waals surface area contributed by atoms with Crippen molar-refractivity contribution >= 4 is 5.97 Å². The lowest BCUT2D eigenvalue weighted by Gasteiger charge is -2.46. The fourth-order valence-electron chi connectivity index (χ4n) is 3.62. The molecule has 1 aromatic rings. The van der Waals surface area contributed by atoms with Crippen LogP contribution in [0.25, 0.3) is 0 Å². The van der Waals surface area contributed by atoms with Crippen LogP contribution < -0.4 is 4.74 Å². The van der Waals surface area contributed by atoms with Gasteiger partial charge < -0.3 is 14.2 Å². The first-order valence-electron chi connectivity index (χ1n) is 8.23. The molecule has 0 bridgehead atoms. The predicted octanol–water partition coefficient (Wildman–Crippen LogP) is 3.22. The Hall–Kier alpha value is -2.06. The molecule has 0 aliphatic carbocycles. The molecule has 24 heavy (non-hydrogen) atoms. The van der Waals surface area contributed by atoms with E-state index in [4.69, 9.17) is 14.2 Å². The van der Waals surface area contributed by atoms with E-state index in [1.54, 1.807) is 14.0 Å². The van der Waals surface area contributed by atoms with Crippen molar-refractivity contribution in [1.29, 1.82) is 5.26 Å². The Morgan fingerprint density at radius 3 is 2.54 bits per heavy atom. The highest BCUT2D eigenvalue weighted by Crippen LogP contribution is 2.47. The summed E-state index contributed by atoms with van der Waals surface area (Å²) in [5.74, 6) is -0.590. The van der Waals surface area contributed by atoms with Gasteiger partial charge in [-0.1, -0.05) is 12.1 Å². The van der Waals surface area contributed by atoms with Crippen LogP contribution in [0, 0.1) is 17.2 Å². The zero-order valence-electron chi connectivity index (χ0n) is 14.8. The number of rotatable bonds is 5. The first-order valence-corrected chi connectivity index (χ1v) is 8.23. The third-order valence-corrected chi connectivity index (χ3v) is 4.65. The molecule has 0 spiro atoms. The number of ether oxygens (including phenoxy) is 3. The Balaban J connectivity index is 2.51. The van der Waals surface area contributed by atoms with E-state index in [9.17, 15) is 10.1 Å². The fourth-order valence-corrected chi connectivity index (χ4v) is 3.62. The second-order valence-corrected chi connectivity index (χ2v) is 6.73. The Bertz CT molecular complexity index is 617. The minimum absolute atomic E-state index is 0.260. The van der Waals surface area contributed by atoms with Gasteiger partial charge >= 0.3 is 5.97 Å². The molecule has 0 N–H and O–H groups in total. The average Bonchev–Trinajstić information content (AvgIpc) is 2.55. The smallest absolute Gasteiger partial charge is 0.324 e. The predicted molar refractivity (Wildman–Crippen MR) is 89.7 cm³/mol. The first kappa shape index (κ1) is 18.3. The van der Waals surface area contributed by atoms with E-state index in [-0.39, 0.29) is 6.61 Å². The maximum atomic E-state index is 12.5. The number of hydrogen-bond donors (Lipinski definition) is 0. The number of nitrogens with zero attached hydrogens (tertiary/aromatic N) is 1. The van der Waals surface area contributed by atoms with Crippen molar-refractivity contribution in [2.75, 3.05) is 20.3 Å². The number of nitriles is 1. The van der Waals surface area contributed by atoms with E-state index in [2.05, 4.69) is 6.07 Å². The van der Waals surface area contributed by atoms with Crippen molar-refractivity contribution in [2.24, 2.45) is 5.92 Å². The molecule has 1 saturated heterocycles. The first-order chi connectivity index (χ1) is 11.4. The summed E-state index contributed by atoms with van der Waals surface area (Å²) < 4.78 is 16.2. The normalized spacial score (nSPS) is 23.8. The van der Waals surface area contributed by atoms with Crippen molar-refractivity contribution in [3.63, 3.8) is 0 Å². The molecule has 2 unspecified atom stereocenters. The fraction of sp³-hybridized carbons (Fsp3) is 0.579. The van der Waals surface area contributed by atoms with Gasteiger partial charge in [-0.2, -0.15) is 5.26 Å². The highest BCUT2D eigenvalue weighted by molar-refractivity contribution is 5.77. The average molecular weight is 331 g/mol. The minimum Gasteiger partial charge on any atom is -0.497 e. The highest BCUT2D eigenvalue weighted by atomic mass is 16.5. The van der Waals surface area contributed by atoms with Crippen LogP contribution in [-0.4, -0.2) is 31.9 Å². The maximum Gasteiger partial charge on any atom is 0.324 e. The van der Waals surface area contributed by atoms with E-state index < -0.39 is 22.9 Å². The lowest BCUT2D eigenvalue weighted by molar-refractivity contribution is -0.153. The Morgan fingerprint density at radius 1 is 1.38 bits per heavy atom. The summed E-state index contributed by atoms with van der Waals surface area (Å²) >= 11 is 0. The van der Waals surface area contributed by atoms with Crippen molar-refractivity contribution in [2.45, 2.75) is 44.6 Å². The van der Waals surface area contributed by atoms with E-state index in [1.807, 2.05) is 38.1 Å². The van der Waals surface area contributed by atoms with Crippen molar-refractivity contribution in [1.82, 2.24) is 0 Å².